The van der Waals surface area contributed by atoms with Crippen LogP contribution in [0, 0.1) is 0 Å². The molecule has 0 saturated heterocycles. The number of rotatable bonds is 8. The van der Waals surface area contributed by atoms with Gasteiger partial charge in [0.25, 0.3) is 0 Å². The fourth-order valence-electron chi connectivity index (χ4n) is 2.78. The normalized spacial score (nSPS) is 11.9. The number of anilines is 2. The van der Waals surface area contributed by atoms with E-state index in [1.165, 1.54) is 6.20 Å². The molecule has 0 aliphatic carbocycles. The van der Waals surface area contributed by atoms with E-state index in [-0.39, 0.29) is 0 Å². The van der Waals surface area contributed by atoms with Gasteiger partial charge in [-0.05, 0) is 38.4 Å². The highest BCUT2D eigenvalue weighted by molar-refractivity contribution is 6.00. The summed E-state index contributed by atoms with van der Waals surface area (Å²) in [5.74, 6) is 1.22. The lowest BCUT2D eigenvalue weighted by Gasteiger charge is -2.15. The number of likely N-dealkylation sites (N-methyl/N-ethyl adjacent to an activating group) is 1. The van der Waals surface area contributed by atoms with Gasteiger partial charge in [0.2, 0.25) is 0 Å². The third-order valence-electron chi connectivity index (χ3n) is 3.97. The first-order valence-electron chi connectivity index (χ1n) is 9.25. The maximum Gasteiger partial charge on any atom is 0.323 e. The van der Waals surface area contributed by atoms with Crippen LogP contribution in [0.5, 0.6) is 11.5 Å². The van der Waals surface area contributed by atoms with Gasteiger partial charge in [0.15, 0.2) is 5.75 Å². The first-order valence-corrected chi connectivity index (χ1v) is 9.25. The second-order valence-electron chi connectivity index (χ2n) is 6.86. The van der Waals surface area contributed by atoms with Gasteiger partial charge in [-0.15, -0.1) is 0 Å². The van der Waals surface area contributed by atoms with Crippen molar-refractivity contribution in [3.8, 4) is 11.5 Å². The minimum absolute atomic E-state index is 0.342. The van der Waals surface area contributed by atoms with Crippen molar-refractivity contribution in [2.24, 2.45) is 0 Å². The molecule has 0 fully saturated rings. The van der Waals surface area contributed by atoms with Gasteiger partial charge in [0, 0.05) is 12.7 Å². The number of aliphatic hydroxyl groups excluding tert-OH is 1. The van der Waals surface area contributed by atoms with E-state index in [1.54, 1.807) is 23.0 Å². The number of para-hydroxylation sites is 3. The summed E-state index contributed by atoms with van der Waals surface area (Å²) in [5, 5.41) is 19.7. The molecular weight excluding hydrogens is 370 g/mol. The molecule has 8 nitrogen and oxygen atoms in total. The summed E-state index contributed by atoms with van der Waals surface area (Å²) in [4.78, 5) is 14.3. The zero-order chi connectivity index (χ0) is 20.6. The molecule has 3 N–H and O–H groups in total. The number of aliphatic hydroxyl groups is 1. The Morgan fingerprint density at radius 1 is 1.14 bits per heavy atom. The molecule has 0 aliphatic rings. The van der Waals surface area contributed by atoms with Gasteiger partial charge in [-0.25, -0.2) is 4.79 Å². The van der Waals surface area contributed by atoms with Crippen LogP contribution in [0.4, 0.5) is 16.2 Å². The molecule has 3 aromatic rings. The number of nitrogens with zero attached hydrogens (tertiary/aromatic N) is 3. The Labute approximate surface area is 169 Å². The van der Waals surface area contributed by atoms with E-state index in [0.717, 1.165) is 0 Å². The van der Waals surface area contributed by atoms with Crippen molar-refractivity contribution in [2.45, 2.75) is 12.6 Å². The van der Waals surface area contributed by atoms with Crippen LogP contribution in [0.3, 0.4) is 0 Å². The third kappa shape index (κ3) is 6.34. The van der Waals surface area contributed by atoms with E-state index in [4.69, 9.17) is 4.74 Å². The van der Waals surface area contributed by atoms with Crippen molar-refractivity contribution >= 4 is 17.4 Å². The number of nitrogens with one attached hydrogen (secondary N) is 2. The van der Waals surface area contributed by atoms with Crippen molar-refractivity contribution in [3.63, 3.8) is 0 Å². The molecule has 0 spiro atoms. The van der Waals surface area contributed by atoms with Crippen LogP contribution in [0.25, 0.3) is 0 Å². The van der Waals surface area contributed by atoms with Crippen LogP contribution in [0.15, 0.2) is 67.0 Å². The molecule has 8 heteroatoms. The van der Waals surface area contributed by atoms with Gasteiger partial charge in [0.05, 0.1) is 30.2 Å². The Kier molecular flexibility index (Phi) is 6.83. The van der Waals surface area contributed by atoms with Gasteiger partial charge in [0.1, 0.15) is 5.75 Å². The second kappa shape index (κ2) is 9.72. The van der Waals surface area contributed by atoms with Crippen LogP contribution < -0.4 is 15.4 Å². The smallest absolute Gasteiger partial charge is 0.323 e. The molecule has 1 unspecified atom stereocenters. The number of hydrogen-bond acceptors (Lipinski definition) is 5. The van der Waals surface area contributed by atoms with Gasteiger partial charge >= 0.3 is 6.03 Å². The van der Waals surface area contributed by atoms with E-state index in [2.05, 4.69) is 15.7 Å². The van der Waals surface area contributed by atoms with E-state index >= 15 is 0 Å². The molecule has 152 valence electrons. The molecule has 0 saturated carbocycles. The molecule has 0 bridgehead atoms. The summed E-state index contributed by atoms with van der Waals surface area (Å²) in [6, 6.07) is 16.1. The van der Waals surface area contributed by atoms with E-state index in [0.29, 0.717) is 36.0 Å². The standard InChI is InChI=1S/C21H25N5O3/c1-25(2)14-17(27)15-26-13-16(12-22-26)23-21(28)24-19-10-6-7-11-20(19)29-18-8-4-3-5-9-18/h3-13,17,27H,14-15H2,1-2H3,(H2,23,24,28). The first kappa shape index (κ1) is 20.4. The molecule has 1 aromatic heterocycles. The summed E-state index contributed by atoms with van der Waals surface area (Å²) in [7, 11) is 3.78. The average Bonchev–Trinajstić information content (AvgIpc) is 3.10. The average molecular weight is 395 g/mol. The topological polar surface area (TPSA) is 91.7 Å². The number of carbonyl (C=O) groups is 1. The maximum absolute atomic E-state index is 12.4. The van der Waals surface area contributed by atoms with Crippen molar-refractivity contribution < 1.29 is 14.6 Å². The molecule has 0 aliphatic heterocycles. The summed E-state index contributed by atoms with van der Waals surface area (Å²) >= 11 is 0. The van der Waals surface area contributed by atoms with Gasteiger partial charge in [-0.1, -0.05) is 30.3 Å². The lowest BCUT2D eigenvalue weighted by atomic mass is 10.3. The maximum atomic E-state index is 12.4. The minimum Gasteiger partial charge on any atom is -0.455 e. The summed E-state index contributed by atoms with van der Waals surface area (Å²) < 4.78 is 7.44. The minimum atomic E-state index is -0.548. The van der Waals surface area contributed by atoms with Crippen molar-refractivity contribution in [3.05, 3.63) is 67.0 Å². The molecule has 29 heavy (non-hydrogen) atoms. The summed E-state index contributed by atoms with van der Waals surface area (Å²) in [6.45, 7) is 0.872. The molecule has 1 heterocycles. The second-order valence-corrected chi connectivity index (χ2v) is 6.86. The Hall–Kier alpha value is -3.36. The zero-order valence-corrected chi connectivity index (χ0v) is 16.4. The van der Waals surface area contributed by atoms with Crippen LogP contribution in [-0.2, 0) is 6.54 Å². The number of hydrogen-bond donors (Lipinski definition) is 3. The van der Waals surface area contributed by atoms with E-state index in [9.17, 15) is 9.90 Å². The highest BCUT2D eigenvalue weighted by Gasteiger charge is 2.11. The number of benzene rings is 2. The monoisotopic (exact) mass is 395 g/mol. The lowest BCUT2D eigenvalue weighted by molar-refractivity contribution is 0.116. The zero-order valence-electron chi connectivity index (χ0n) is 16.4. The Bertz CT molecular complexity index is 927. The van der Waals surface area contributed by atoms with Crippen LogP contribution in [-0.4, -0.2) is 52.6 Å². The highest BCUT2D eigenvalue weighted by Crippen LogP contribution is 2.29. The number of amides is 2. The van der Waals surface area contributed by atoms with Gasteiger partial charge in [-0.3, -0.25) is 4.68 Å². The SMILES string of the molecule is CN(C)CC(O)Cn1cc(NC(=O)Nc2ccccc2Oc2ccccc2)cn1. The Balaban J connectivity index is 1.59. The summed E-state index contributed by atoms with van der Waals surface area (Å²) in [6.07, 6.45) is 2.66. The highest BCUT2D eigenvalue weighted by atomic mass is 16.5. The largest absolute Gasteiger partial charge is 0.455 e. The van der Waals surface area contributed by atoms with Gasteiger partial charge in [-0.2, -0.15) is 5.10 Å². The first-order chi connectivity index (χ1) is 14.0. The van der Waals surface area contributed by atoms with Crippen LogP contribution in [0.2, 0.25) is 0 Å². The Morgan fingerprint density at radius 2 is 1.86 bits per heavy atom. The lowest BCUT2D eigenvalue weighted by Crippen LogP contribution is -2.29. The predicted molar refractivity (Wildman–Crippen MR) is 112 cm³/mol. The van der Waals surface area contributed by atoms with Crippen molar-refractivity contribution in [2.75, 3.05) is 31.3 Å². The predicted octanol–water partition coefficient (Wildman–Crippen LogP) is 3.24. The van der Waals surface area contributed by atoms with Crippen LogP contribution in [0.1, 0.15) is 0 Å². The van der Waals surface area contributed by atoms with E-state index in [1.807, 2.05) is 61.5 Å². The number of carbonyl (C=O) groups excluding carboxylic acids is 1. The fourth-order valence-corrected chi connectivity index (χ4v) is 2.78. The van der Waals surface area contributed by atoms with Crippen molar-refractivity contribution in [1.82, 2.24) is 14.7 Å². The van der Waals surface area contributed by atoms with Crippen molar-refractivity contribution in [1.29, 1.82) is 0 Å². The quantitative estimate of drug-likeness (QED) is 0.545. The Morgan fingerprint density at radius 3 is 2.62 bits per heavy atom. The molecule has 3 rings (SSSR count). The molecule has 0 radical (unpaired) electrons. The number of urea groups is 1. The molecule has 1 atom stereocenters. The molecule has 2 amide bonds. The fraction of sp³-hybridized carbons (Fsp3) is 0.238. The summed E-state index contributed by atoms with van der Waals surface area (Å²) in [5.41, 5.74) is 1.07. The molecule has 2 aromatic carbocycles. The van der Waals surface area contributed by atoms with Crippen LogP contribution >= 0.6 is 0 Å². The third-order valence-corrected chi connectivity index (χ3v) is 3.97. The number of aromatic nitrogens is 2. The van der Waals surface area contributed by atoms with Gasteiger partial charge < -0.3 is 25.4 Å². The molecular formula is C21H25N5O3. The number of ether oxygens (including phenoxy) is 1. The van der Waals surface area contributed by atoms with E-state index < -0.39 is 12.1 Å².